The van der Waals surface area contributed by atoms with E-state index in [-0.39, 0.29) is 24.1 Å². The third kappa shape index (κ3) is 6.33. The molecule has 1 aliphatic heterocycles. The quantitative estimate of drug-likeness (QED) is 0.649. The van der Waals surface area contributed by atoms with Crippen LogP contribution in [0.5, 0.6) is 0 Å². The minimum absolute atomic E-state index is 0.0286. The fourth-order valence-corrected chi connectivity index (χ4v) is 5.69. The number of ether oxygens (including phenoxy) is 1. The van der Waals surface area contributed by atoms with Gasteiger partial charge in [-0.1, -0.05) is 0 Å². The highest BCUT2D eigenvalue weighted by molar-refractivity contribution is 7.90. The molecular weight excluding hydrogens is 417 g/mol. The first-order valence-corrected chi connectivity index (χ1v) is 13.0. The van der Waals surface area contributed by atoms with Crippen LogP contribution in [0.25, 0.3) is 0 Å². The van der Waals surface area contributed by atoms with E-state index in [1.165, 1.54) is 0 Å². The summed E-state index contributed by atoms with van der Waals surface area (Å²) < 4.78 is 47.7. The average Bonchev–Trinajstić information content (AvgIpc) is 2.66. The largest absolute Gasteiger partial charge is 0.385 e. The van der Waals surface area contributed by atoms with Gasteiger partial charge in [0.1, 0.15) is 5.82 Å². The van der Waals surface area contributed by atoms with Crippen LogP contribution in [0, 0.1) is 18.7 Å². The van der Waals surface area contributed by atoms with Crippen molar-refractivity contribution in [3.63, 3.8) is 0 Å². The molecule has 176 valence electrons. The van der Waals surface area contributed by atoms with Crippen molar-refractivity contribution in [2.45, 2.75) is 83.8 Å². The maximum atomic E-state index is 15.0. The molecule has 0 bridgehead atoms. The minimum Gasteiger partial charge on any atom is -0.385 e. The monoisotopic (exact) mass is 455 g/mol. The van der Waals surface area contributed by atoms with Crippen LogP contribution in [0.2, 0.25) is 0 Å². The number of anilines is 2. The van der Waals surface area contributed by atoms with Crippen LogP contribution in [-0.4, -0.2) is 51.6 Å². The molecule has 1 aromatic carbocycles. The molecular formula is C23H38FN3O3S. The molecule has 6 nitrogen and oxygen atoms in total. The Labute approximate surface area is 187 Å². The maximum Gasteiger partial charge on any atom is 0.214 e. The summed E-state index contributed by atoms with van der Waals surface area (Å²) in [7, 11) is -3.22. The van der Waals surface area contributed by atoms with Crippen molar-refractivity contribution in [2.75, 3.05) is 29.9 Å². The maximum absolute atomic E-state index is 15.0. The summed E-state index contributed by atoms with van der Waals surface area (Å²) in [5.41, 5.74) is 2.40. The van der Waals surface area contributed by atoms with Crippen LogP contribution in [0.1, 0.15) is 58.9 Å². The minimum atomic E-state index is -3.22. The number of aryl methyl sites for hydroxylation is 1. The lowest BCUT2D eigenvalue weighted by atomic mass is 9.86. The molecule has 1 aliphatic carbocycles. The zero-order valence-corrected chi connectivity index (χ0v) is 20.3. The van der Waals surface area contributed by atoms with Gasteiger partial charge in [-0.3, -0.25) is 0 Å². The van der Waals surface area contributed by atoms with Gasteiger partial charge in [0.05, 0.1) is 23.1 Å². The van der Waals surface area contributed by atoms with Crippen LogP contribution in [0.15, 0.2) is 12.1 Å². The number of benzene rings is 1. The van der Waals surface area contributed by atoms with E-state index in [9.17, 15) is 8.42 Å². The Kier molecular flexibility index (Phi) is 7.86. The second-order valence-electron chi connectivity index (χ2n) is 9.60. The van der Waals surface area contributed by atoms with Crippen molar-refractivity contribution in [2.24, 2.45) is 5.92 Å². The van der Waals surface area contributed by atoms with E-state index >= 15 is 4.39 Å². The van der Waals surface area contributed by atoms with E-state index < -0.39 is 15.3 Å². The number of nitrogens with zero attached hydrogens (tertiary/aromatic N) is 1. The number of morpholine rings is 1. The topological polar surface area (TPSA) is 70.7 Å². The van der Waals surface area contributed by atoms with Gasteiger partial charge in [-0.25, -0.2) is 17.5 Å². The average molecular weight is 456 g/mol. The highest BCUT2D eigenvalue weighted by Gasteiger charge is 2.27. The van der Waals surface area contributed by atoms with E-state index in [0.29, 0.717) is 24.7 Å². The van der Waals surface area contributed by atoms with Gasteiger partial charge in [-0.2, -0.15) is 0 Å². The van der Waals surface area contributed by atoms with Gasteiger partial charge >= 0.3 is 0 Å². The molecule has 2 fully saturated rings. The van der Waals surface area contributed by atoms with Gasteiger partial charge < -0.3 is 15.0 Å². The first kappa shape index (κ1) is 24.3. The first-order chi connectivity index (χ1) is 14.5. The Hall–Kier alpha value is -1.38. The molecule has 0 radical (unpaired) electrons. The SMILES string of the molecule is Cc1cc(NC[C@H]2CC[C@H](NS(=O)(=O)C(C)C)CC2)cc(F)c1N1C[C@@H](C)O[C@@H](C)C1. The lowest BCUT2D eigenvalue weighted by Gasteiger charge is -2.37. The number of nitrogens with one attached hydrogen (secondary N) is 2. The number of sulfonamides is 1. The third-order valence-corrected chi connectivity index (χ3v) is 8.29. The molecule has 0 aromatic heterocycles. The molecule has 0 spiro atoms. The van der Waals surface area contributed by atoms with Crippen LogP contribution >= 0.6 is 0 Å². The van der Waals surface area contributed by atoms with E-state index in [1.54, 1.807) is 19.9 Å². The summed E-state index contributed by atoms with van der Waals surface area (Å²) in [6, 6.07) is 3.64. The predicted octanol–water partition coefficient (Wildman–Crippen LogP) is 4.05. The fourth-order valence-electron chi connectivity index (χ4n) is 4.71. The van der Waals surface area contributed by atoms with E-state index in [1.807, 2.05) is 26.8 Å². The Morgan fingerprint density at radius 3 is 2.29 bits per heavy atom. The Morgan fingerprint density at radius 1 is 1.13 bits per heavy atom. The molecule has 31 heavy (non-hydrogen) atoms. The molecule has 2 atom stereocenters. The zero-order valence-electron chi connectivity index (χ0n) is 19.4. The second-order valence-corrected chi connectivity index (χ2v) is 11.9. The summed E-state index contributed by atoms with van der Waals surface area (Å²) >= 11 is 0. The van der Waals surface area contributed by atoms with E-state index in [2.05, 4.69) is 14.9 Å². The second kappa shape index (κ2) is 10.0. The number of hydrogen-bond donors (Lipinski definition) is 2. The van der Waals surface area contributed by atoms with Gasteiger partial charge in [0.2, 0.25) is 10.0 Å². The lowest BCUT2D eigenvalue weighted by Crippen LogP contribution is -2.46. The summed E-state index contributed by atoms with van der Waals surface area (Å²) in [4.78, 5) is 2.09. The standard InChI is InChI=1S/C23H38FN3O3S/c1-15(2)31(28,29)26-20-8-6-19(7-9-20)12-25-21-10-16(3)23(22(24)11-21)27-13-17(4)30-18(5)14-27/h10-11,15,17-20,25-26H,6-9,12-14H2,1-5H3/t17-,18+,19-,20-. The number of halogens is 1. The highest BCUT2D eigenvalue weighted by atomic mass is 32.2. The van der Waals surface area contributed by atoms with Crippen LogP contribution in [-0.2, 0) is 14.8 Å². The highest BCUT2D eigenvalue weighted by Crippen LogP contribution is 2.31. The summed E-state index contributed by atoms with van der Waals surface area (Å²) in [6.07, 6.45) is 3.78. The Morgan fingerprint density at radius 2 is 1.74 bits per heavy atom. The number of hydrogen-bond acceptors (Lipinski definition) is 5. The molecule has 0 unspecified atom stereocenters. The van der Waals surface area contributed by atoms with Gasteiger partial charge in [0.25, 0.3) is 0 Å². The zero-order chi connectivity index (χ0) is 22.8. The third-order valence-electron chi connectivity index (χ3n) is 6.38. The summed E-state index contributed by atoms with van der Waals surface area (Å²) in [5, 5.41) is 3.00. The van der Waals surface area contributed by atoms with Crippen molar-refractivity contribution >= 4 is 21.4 Å². The molecule has 2 aliphatic rings. The van der Waals surface area contributed by atoms with E-state index in [4.69, 9.17) is 4.74 Å². The molecule has 2 N–H and O–H groups in total. The van der Waals surface area contributed by atoms with Crippen molar-refractivity contribution in [1.29, 1.82) is 0 Å². The lowest BCUT2D eigenvalue weighted by molar-refractivity contribution is -0.00542. The van der Waals surface area contributed by atoms with E-state index in [0.717, 1.165) is 43.5 Å². The van der Waals surface area contributed by atoms with Gasteiger partial charge in [-0.15, -0.1) is 0 Å². The smallest absolute Gasteiger partial charge is 0.214 e. The number of rotatable bonds is 7. The molecule has 1 heterocycles. The van der Waals surface area contributed by atoms with Crippen LogP contribution in [0.4, 0.5) is 15.8 Å². The van der Waals surface area contributed by atoms with Gasteiger partial charge in [-0.05, 0) is 83.9 Å². The Balaban J connectivity index is 1.54. The molecule has 8 heteroatoms. The molecule has 3 rings (SSSR count). The molecule has 1 saturated carbocycles. The summed E-state index contributed by atoms with van der Waals surface area (Å²) in [5.74, 6) is 0.263. The molecule has 0 amide bonds. The van der Waals surface area contributed by atoms with Crippen LogP contribution in [0.3, 0.4) is 0 Å². The normalized spacial score (nSPS) is 27.5. The predicted molar refractivity (Wildman–Crippen MR) is 125 cm³/mol. The van der Waals surface area contributed by atoms with Crippen molar-refractivity contribution in [1.82, 2.24) is 4.72 Å². The van der Waals surface area contributed by atoms with Gasteiger partial charge in [0.15, 0.2) is 0 Å². The van der Waals surface area contributed by atoms with Crippen molar-refractivity contribution in [3.8, 4) is 0 Å². The van der Waals surface area contributed by atoms with Gasteiger partial charge in [0, 0.05) is 31.4 Å². The van der Waals surface area contributed by atoms with Crippen LogP contribution < -0.4 is 14.9 Å². The molecule has 1 aromatic rings. The molecule has 1 saturated heterocycles. The Bertz CT molecular complexity index is 821. The summed E-state index contributed by atoms with van der Waals surface area (Å²) in [6.45, 7) is 11.6. The van der Waals surface area contributed by atoms with Crippen molar-refractivity contribution < 1.29 is 17.5 Å². The fraction of sp³-hybridized carbons (Fsp3) is 0.739. The first-order valence-electron chi connectivity index (χ1n) is 11.5. The van der Waals surface area contributed by atoms with Crippen molar-refractivity contribution in [3.05, 3.63) is 23.5 Å².